The minimum absolute atomic E-state index is 0.0431. The number of rotatable bonds is 7. The molecule has 1 amide bonds. The number of nitrogens with zero attached hydrogens (tertiary/aromatic N) is 1. The number of carbonyl (C=O) groups is 1. The highest BCUT2D eigenvalue weighted by atomic mass is 16.5. The van der Waals surface area contributed by atoms with E-state index in [-0.39, 0.29) is 17.9 Å². The highest BCUT2D eigenvalue weighted by Gasteiger charge is 2.32. The fraction of sp³-hybridized carbons (Fsp3) is 0.296. The van der Waals surface area contributed by atoms with E-state index in [4.69, 9.17) is 9.47 Å². The number of hydrogen-bond acceptors (Lipinski definition) is 3. The van der Waals surface area contributed by atoms with Gasteiger partial charge in [0, 0.05) is 18.9 Å². The van der Waals surface area contributed by atoms with Crippen molar-refractivity contribution in [3.8, 4) is 11.5 Å². The van der Waals surface area contributed by atoms with Crippen molar-refractivity contribution in [1.82, 2.24) is 4.90 Å². The van der Waals surface area contributed by atoms with Crippen LogP contribution >= 0.6 is 0 Å². The van der Waals surface area contributed by atoms with Crippen LogP contribution in [-0.4, -0.2) is 31.6 Å². The van der Waals surface area contributed by atoms with Crippen molar-refractivity contribution in [3.63, 3.8) is 0 Å². The smallest absolute Gasteiger partial charge is 0.224 e. The summed E-state index contributed by atoms with van der Waals surface area (Å²) < 4.78 is 10.9. The third-order valence-electron chi connectivity index (χ3n) is 6.15. The van der Waals surface area contributed by atoms with Gasteiger partial charge in [-0.25, -0.2) is 0 Å². The van der Waals surface area contributed by atoms with Gasteiger partial charge in [0.15, 0.2) is 11.5 Å². The largest absolute Gasteiger partial charge is 0.493 e. The Morgan fingerprint density at radius 2 is 1.52 bits per heavy atom. The summed E-state index contributed by atoms with van der Waals surface area (Å²) in [6.45, 7) is 0.786. The molecule has 160 valence electrons. The van der Waals surface area contributed by atoms with Gasteiger partial charge in [0.1, 0.15) is 0 Å². The lowest BCUT2D eigenvalue weighted by molar-refractivity contribution is -0.132. The molecule has 1 aliphatic heterocycles. The number of likely N-dealkylation sites (tertiary alicyclic amines) is 1. The normalized spacial score (nSPS) is 15.8. The van der Waals surface area contributed by atoms with Gasteiger partial charge in [-0.1, -0.05) is 66.7 Å². The predicted molar refractivity (Wildman–Crippen MR) is 123 cm³/mol. The van der Waals surface area contributed by atoms with Crippen molar-refractivity contribution in [3.05, 3.63) is 95.6 Å². The zero-order valence-electron chi connectivity index (χ0n) is 18.2. The molecular formula is C27H29NO3. The second-order valence-corrected chi connectivity index (χ2v) is 7.94. The van der Waals surface area contributed by atoms with Crippen LogP contribution in [0.25, 0.3) is 0 Å². The standard InChI is InChI=1S/C27H29NO3/c1-30-25-16-15-22(18-26(25)31-2)24-14-9-17-28(24)27(29)19-23(20-10-5-3-6-11-20)21-12-7-4-8-13-21/h3-8,10-13,15-16,18,23-24H,9,14,17,19H2,1-2H3/t24-/m0/s1. The lowest BCUT2D eigenvalue weighted by Crippen LogP contribution is -2.31. The number of methoxy groups -OCH3 is 2. The molecule has 0 bridgehead atoms. The lowest BCUT2D eigenvalue weighted by atomic mass is 9.88. The van der Waals surface area contributed by atoms with Gasteiger partial charge in [-0.05, 0) is 41.7 Å². The predicted octanol–water partition coefficient (Wildman–Crippen LogP) is 5.59. The topological polar surface area (TPSA) is 38.8 Å². The molecule has 1 atom stereocenters. The SMILES string of the molecule is COc1ccc([C@@H]2CCCN2C(=O)CC(c2ccccc2)c2ccccc2)cc1OC. The molecule has 0 spiro atoms. The molecule has 1 aliphatic rings. The van der Waals surface area contributed by atoms with Crippen LogP contribution in [0.1, 0.15) is 47.9 Å². The fourth-order valence-electron chi connectivity index (χ4n) is 4.56. The van der Waals surface area contributed by atoms with Gasteiger partial charge in [-0.15, -0.1) is 0 Å². The van der Waals surface area contributed by atoms with Crippen molar-refractivity contribution in [2.75, 3.05) is 20.8 Å². The van der Waals surface area contributed by atoms with E-state index in [0.29, 0.717) is 17.9 Å². The van der Waals surface area contributed by atoms with Crippen LogP contribution in [0.15, 0.2) is 78.9 Å². The summed E-state index contributed by atoms with van der Waals surface area (Å²) in [7, 11) is 3.28. The van der Waals surface area contributed by atoms with Crippen molar-refractivity contribution in [2.24, 2.45) is 0 Å². The van der Waals surface area contributed by atoms with E-state index in [0.717, 1.165) is 24.9 Å². The lowest BCUT2D eigenvalue weighted by Gasteiger charge is -2.28. The van der Waals surface area contributed by atoms with Crippen molar-refractivity contribution in [2.45, 2.75) is 31.2 Å². The molecule has 31 heavy (non-hydrogen) atoms. The number of carbonyl (C=O) groups excluding carboxylic acids is 1. The Kier molecular flexibility index (Phi) is 6.56. The number of hydrogen-bond donors (Lipinski definition) is 0. The monoisotopic (exact) mass is 415 g/mol. The summed E-state index contributed by atoms with van der Waals surface area (Å²) >= 11 is 0. The third-order valence-corrected chi connectivity index (χ3v) is 6.15. The van der Waals surface area contributed by atoms with Crippen LogP contribution in [0.5, 0.6) is 11.5 Å². The first-order valence-corrected chi connectivity index (χ1v) is 10.8. The molecule has 0 saturated carbocycles. The summed E-state index contributed by atoms with van der Waals surface area (Å²) in [5.41, 5.74) is 3.44. The van der Waals surface area contributed by atoms with Crippen LogP contribution in [0, 0.1) is 0 Å². The molecule has 4 heteroatoms. The second-order valence-electron chi connectivity index (χ2n) is 7.94. The summed E-state index contributed by atoms with van der Waals surface area (Å²) in [6.07, 6.45) is 2.42. The average molecular weight is 416 g/mol. The first-order valence-electron chi connectivity index (χ1n) is 10.8. The Labute approximate surface area is 184 Å². The minimum Gasteiger partial charge on any atom is -0.493 e. The number of benzene rings is 3. The first-order chi connectivity index (χ1) is 15.2. The molecule has 1 saturated heterocycles. The molecule has 4 rings (SSSR count). The van der Waals surface area contributed by atoms with E-state index in [2.05, 4.69) is 24.3 Å². The van der Waals surface area contributed by atoms with Crippen LogP contribution in [0.2, 0.25) is 0 Å². The minimum atomic E-state index is 0.0431. The summed E-state index contributed by atoms with van der Waals surface area (Å²) in [5.74, 6) is 1.64. The molecule has 0 N–H and O–H groups in total. The Hall–Kier alpha value is -3.27. The van der Waals surface area contributed by atoms with Gasteiger partial charge in [0.25, 0.3) is 0 Å². The zero-order valence-corrected chi connectivity index (χ0v) is 18.2. The van der Waals surface area contributed by atoms with Crippen molar-refractivity contribution in [1.29, 1.82) is 0 Å². The summed E-state index contributed by atoms with van der Waals surface area (Å²) in [5, 5.41) is 0. The average Bonchev–Trinajstić information content (AvgIpc) is 3.33. The van der Waals surface area contributed by atoms with Gasteiger partial charge >= 0.3 is 0 Å². The Bertz CT molecular complexity index is 964. The van der Waals surface area contributed by atoms with E-state index < -0.39 is 0 Å². The summed E-state index contributed by atoms with van der Waals surface area (Å²) in [6, 6.07) is 26.7. The van der Waals surface area contributed by atoms with E-state index in [1.165, 1.54) is 11.1 Å². The molecular weight excluding hydrogens is 386 g/mol. The van der Waals surface area contributed by atoms with Gasteiger partial charge in [0.2, 0.25) is 5.91 Å². The Morgan fingerprint density at radius 3 is 2.10 bits per heavy atom. The van der Waals surface area contributed by atoms with Gasteiger partial charge in [-0.2, -0.15) is 0 Å². The quantitative estimate of drug-likeness (QED) is 0.505. The summed E-state index contributed by atoms with van der Waals surface area (Å²) in [4.78, 5) is 15.6. The second kappa shape index (κ2) is 9.69. The number of ether oxygens (including phenoxy) is 2. The van der Waals surface area contributed by atoms with Crippen molar-refractivity contribution >= 4 is 5.91 Å². The Balaban J connectivity index is 1.59. The number of amides is 1. The van der Waals surface area contributed by atoms with Crippen LogP contribution in [-0.2, 0) is 4.79 Å². The van der Waals surface area contributed by atoms with Crippen LogP contribution in [0.3, 0.4) is 0 Å². The molecule has 0 aliphatic carbocycles. The van der Waals surface area contributed by atoms with Gasteiger partial charge in [-0.3, -0.25) is 4.79 Å². The Morgan fingerprint density at radius 1 is 0.903 bits per heavy atom. The fourth-order valence-corrected chi connectivity index (χ4v) is 4.56. The molecule has 3 aromatic carbocycles. The first kappa shape index (κ1) is 21.0. The maximum absolute atomic E-state index is 13.5. The molecule has 0 aromatic heterocycles. The highest BCUT2D eigenvalue weighted by molar-refractivity contribution is 5.78. The maximum Gasteiger partial charge on any atom is 0.224 e. The van der Waals surface area contributed by atoms with Crippen LogP contribution in [0.4, 0.5) is 0 Å². The van der Waals surface area contributed by atoms with Crippen molar-refractivity contribution < 1.29 is 14.3 Å². The maximum atomic E-state index is 13.5. The van der Waals surface area contributed by atoms with Gasteiger partial charge < -0.3 is 14.4 Å². The molecule has 3 aromatic rings. The zero-order chi connectivity index (χ0) is 21.6. The van der Waals surface area contributed by atoms with E-state index >= 15 is 0 Å². The molecule has 0 unspecified atom stereocenters. The van der Waals surface area contributed by atoms with E-state index in [1.54, 1.807) is 14.2 Å². The molecule has 1 heterocycles. The third kappa shape index (κ3) is 4.58. The van der Waals surface area contributed by atoms with Crippen LogP contribution < -0.4 is 9.47 Å². The van der Waals surface area contributed by atoms with E-state index in [1.807, 2.05) is 59.5 Å². The molecule has 4 nitrogen and oxygen atoms in total. The molecule has 0 radical (unpaired) electrons. The molecule has 1 fully saturated rings. The van der Waals surface area contributed by atoms with E-state index in [9.17, 15) is 4.79 Å². The highest BCUT2D eigenvalue weighted by Crippen LogP contribution is 2.38. The van der Waals surface area contributed by atoms with Gasteiger partial charge in [0.05, 0.1) is 20.3 Å².